The third kappa shape index (κ3) is 4.89. The average Bonchev–Trinajstić information content (AvgIpc) is 2.65. The summed E-state index contributed by atoms with van der Waals surface area (Å²) in [4.78, 5) is 4.45. The summed E-state index contributed by atoms with van der Waals surface area (Å²) in [5.74, 6) is 0.542. The number of anilines is 1. The fourth-order valence-electron chi connectivity index (χ4n) is 2.65. The van der Waals surface area contributed by atoms with Crippen LogP contribution >= 0.6 is 0 Å². The molecule has 1 atom stereocenters. The Kier molecular flexibility index (Phi) is 6.84. The fourth-order valence-corrected chi connectivity index (χ4v) is 2.65. The van der Waals surface area contributed by atoms with E-state index in [4.69, 9.17) is 16.9 Å². The van der Waals surface area contributed by atoms with Crippen molar-refractivity contribution in [2.24, 2.45) is 11.5 Å². The summed E-state index contributed by atoms with van der Waals surface area (Å²) in [7, 11) is 1.80. The van der Waals surface area contributed by atoms with Gasteiger partial charge in [0.2, 0.25) is 0 Å². The van der Waals surface area contributed by atoms with E-state index in [0.717, 1.165) is 40.9 Å². The van der Waals surface area contributed by atoms with Crippen LogP contribution in [0.25, 0.3) is 11.6 Å². The molecule has 0 fully saturated rings. The molecular weight excluding hydrogens is 326 g/mol. The molecule has 26 heavy (non-hydrogen) atoms. The molecule has 1 aliphatic rings. The van der Waals surface area contributed by atoms with Gasteiger partial charge < -0.3 is 32.8 Å². The molecule has 7 nitrogen and oxygen atoms in total. The first-order valence-electron chi connectivity index (χ1n) is 8.58. The van der Waals surface area contributed by atoms with Gasteiger partial charge in [0, 0.05) is 36.8 Å². The smallest absolute Gasteiger partial charge is 0.117 e. The largest absolute Gasteiger partial charge is 0.404 e. The van der Waals surface area contributed by atoms with Crippen molar-refractivity contribution in [3.05, 3.63) is 59.5 Å². The van der Waals surface area contributed by atoms with E-state index in [-0.39, 0.29) is 6.17 Å². The molecule has 2 heterocycles. The van der Waals surface area contributed by atoms with Gasteiger partial charge in [-0.3, -0.25) is 4.98 Å². The van der Waals surface area contributed by atoms with E-state index in [2.05, 4.69) is 27.9 Å². The van der Waals surface area contributed by atoms with Crippen LogP contribution in [0, 0.1) is 5.41 Å². The van der Waals surface area contributed by atoms with Crippen LogP contribution in [0.5, 0.6) is 0 Å². The first kappa shape index (κ1) is 19.1. The van der Waals surface area contributed by atoms with E-state index in [1.165, 1.54) is 6.21 Å². The number of aromatic nitrogens is 1. The Labute approximate surface area is 154 Å². The summed E-state index contributed by atoms with van der Waals surface area (Å²) in [6.07, 6.45) is 13.9. The van der Waals surface area contributed by atoms with Gasteiger partial charge in [-0.1, -0.05) is 13.3 Å². The van der Waals surface area contributed by atoms with Crippen molar-refractivity contribution in [1.82, 2.24) is 15.6 Å². The van der Waals surface area contributed by atoms with Gasteiger partial charge in [0.1, 0.15) is 6.17 Å². The second-order valence-electron chi connectivity index (χ2n) is 5.91. The summed E-state index contributed by atoms with van der Waals surface area (Å²) in [6, 6.07) is 1.97. The number of hydrogen-bond acceptors (Lipinski definition) is 7. The van der Waals surface area contributed by atoms with Crippen molar-refractivity contribution in [3.63, 3.8) is 0 Å². The quantitative estimate of drug-likeness (QED) is 0.314. The number of nitrogens with zero attached hydrogens (tertiary/aromatic N) is 1. The zero-order valence-electron chi connectivity index (χ0n) is 15.2. The molecule has 0 saturated carbocycles. The minimum atomic E-state index is -0.159. The van der Waals surface area contributed by atoms with Gasteiger partial charge >= 0.3 is 0 Å². The topological polar surface area (TPSA) is 125 Å². The van der Waals surface area contributed by atoms with Crippen molar-refractivity contribution < 1.29 is 0 Å². The maximum absolute atomic E-state index is 7.54. The number of rotatable bonds is 8. The summed E-state index contributed by atoms with van der Waals surface area (Å²) >= 11 is 0. The van der Waals surface area contributed by atoms with Gasteiger partial charge in [0.15, 0.2) is 0 Å². The normalized spacial score (nSPS) is 17.3. The van der Waals surface area contributed by atoms with E-state index in [0.29, 0.717) is 5.82 Å². The molecule has 2 rings (SSSR count). The van der Waals surface area contributed by atoms with E-state index in [9.17, 15) is 0 Å². The molecule has 138 valence electrons. The molecule has 0 aromatic carbocycles. The predicted molar refractivity (Wildman–Crippen MR) is 109 cm³/mol. The molecule has 1 aromatic rings. The van der Waals surface area contributed by atoms with Crippen LogP contribution in [0.1, 0.15) is 31.0 Å². The number of allylic oxidation sites excluding steroid dienone is 3. The van der Waals surface area contributed by atoms with Crippen LogP contribution in [-0.2, 0) is 0 Å². The molecule has 7 heteroatoms. The Morgan fingerprint density at radius 3 is 2.92 bits per heavy atom. The Balaban J connectivity index is 2.14. The zero-order valence-corrected chi connectivity index (χ0v) is 15.2. The van der Waals surface area contributed by atoms with Gasteiger partial charge in [0.05, 0.1) is 17.2 Å². The van der Waals surface area contributed by atoms with E-state index in [1.807, 2.05) is 24.3 Å². The first-order chi connectivity index (χ1) is 12.6. The molecular formula is C19H27N7. The van der Waals surface area contributed by atoms with Crippen molar-refractivity contribution in [1.29, 1.82) is 5.41 Å². The summed E-state index contributed by atoms with van der Waals surface area (Å²) in [5, 5.41) is 17.1. The second-order valence-corrected chi connectivity index (χ2v) is 5.91. The van der Waals surface area contributed by atoms with Gasteiger partial charge in [-0.2, -0.15) is 0 Å². The van der Waals surface area contributed by atoms with Gasteiger partial charge in [-0.05, 0) is 42.5 Å². The highest BCUT2D eigenvalue weighted by Crippen LogP contribution is 2.24. The van der Waals surface area contributed by atoms with Crippen LogP contribution in [0.4, 0.5) is 5.69 Å². The lowest BCUT2D eigenvalue weighted by molar-refractivity contribution is 0.727. The molecule has 0 bridgehead atoms. The molecule has 8 N–H and O–H groups in total. The van der Waals surface area contributed by atoms with Crippen LogP contribution in [0.3, 0.4) is 0 Å². The second kappa shape index (κ2) is 9.31. The molecule has 1 unspecified atom stereocenters. The van der Waals surface area contributed by atoms with E-state index in [1.54, 1.807) is 25.6 Å². The monoisotopic (exact) mass is 353 g/mol. The average molecular weight is 353 g/mol. The number of hydrogen-bond donors (Lipinski definition) is 6. The van der Waals surface area contributed by atoms with Gasteiger partial charge in [0.25, 0.3) is 0 Å². The molecule has 0 spiro atoms. The van der Waals surface area contributed by atoms with Crippen LogP contribution in [-0.4, -0.2) is 24.4 Å². The summed E-state index contributed by atoms with van der Waals surface area (Å²) in [5.41, 5.74) is 16.0. The highest BCUT2D eigenvalue weighted by molar-refractivity contribution is 6.08. The summed E-state index contributed by atoms with van der Waals surface area (Å²) in [6.45, 7) is 2.10. The minimum Gasteiger partial charge on any atom is -0.404 e. The third-order valence-corrected chi connectivity index (χ3v) is 3.88. The Morgan fingerprint density at radius 1 is 1.46 bits per heavy atom. The third-order valence-electron chi connectivity index (χ3n) is 3.88. The molecule has 1 aromatic heterocycles. The molecule has 0 amide bonds. The minimum absolute atomic E-state index is 0.159. The van der Waals surface area contributed by atoms with Gasteiger partial charge in [-0.25, -0.2) is 0 Å². The number of nitrogens with one attached hydrogen (secondary N) is 4. The Hall–Kier alpha value is -3.22. The molecule has 0 saturated heterocycles. The number of pyridine rings is 1. The van der Waals surface area contributed by atoms with Crippen molar-refractivity contribution >= 4 is 23.6 Å². The van der Waals surface area contributed by atoms with Gasteiger partial charge in [-0.15, -0.1) is 0 Å². The predicted octanol–water partition coefficient (Wildman–Crippen LogP) is 2.09. The molecule has 1 aliphatic heterocycles. The lowest BCUT2D eigenvalue weighted by Gasteiger charge is -2.24. The number of nitrogens with two attached hydrogens (primary N) is 2. The Bertz CT molecular complexity index is 759. The maximum Gasteiger partial charge on any atom is 0.117 e. The van der Waals surface area contributed by atoms with E-state index < -0.39 is 0 Å². The van der Waals surface area contributed by atoms with Crippen molar-refractivity contribution in [3.8, 4) is 0 Å². The summed E-state index contributed by atoms with van der Waals surface area (Å²) < 4.78 is 0. The SMILES string of the molecule is CCCC(=C/N)/C=C(\N)NC1C=Cc2ncc(/C(C=N)=C/NC)cc2N1. The van der Waals surface area contributed by atoms with Crippen LogP contribution < -0.4 is 27.4 Å². The first-order valence-corrected chi connectivity index (χ1v) is 8.58. The van der Waals surface area contributed by atoms with E-state index >= 15 is 0 Å². The Morgan fingerprint density at radius 2 is 2.27 bits per heavy atom. The van der Waals surface area contributed by atoms with Crippen LogP contribution in [0.2, 0.25) is 0 Å². The lowest BCUT2D eigenvalue weighted by atomic mass is 10.1. The maximum atomic E-state index is 7.54. The molecule has 0 aliphatic carbocycles. The highest BCUT2D eigenvalue weighted by Gasteiger charge is 2.15. The lowest BCUT2D eigenvalue weighted by Crippen LogP contribution is -2.38. The zero-order chi connectivity index (χ0) is 18.9. The fraction of sp³-hybridized carbons (Fsp3) is 0.263. The van der Waals surface area contributed by atoms with Crippen molar-refractivity contribution in [2.75, 3.05) is 12.4 Å². The standard InChI is InChI=1S/C19H27N7/c1-3-4-13(9-20)7-18(22)26-19-6-5-16-17(25-19)8-14(12-24-16)15(10-21)11-23-2/h5-12,19,21,23,25-26H,3-4,20,22H2,1-2H3/b13-9-,15-11+,18-7+,21-10?. The highest BCUT2D eigenvalue weighted by atomic mass is 15.2. The van der Waals surface area contributed by atoms with Crippen molar-refractivity contribution in [2.45, 2.75) is 25.9 Å². The number of fused-ring (bicyclic) bond motifs is 1. The molecule has 0 radical (unpaired) electrons. The van der Waals surface area contributed by atoms with Crippen LogP contribution in [0.15, 0.2) is 48.2 Å².